The van der Waals surface area contributed by atoms with Crippen LogP contribution in [-0.4, -0.2) is 46.8 Å². The van der Waals surface area contributed by atoms with Gasteiger partial charge in [0.15, 0.2) is 0 Å². The number of rotatable bonds is 7. The van der Waals surface area contributed by atoms with E-state index < -0.39 is 21.2 Å². The summed E-state index contributed by atoms with van der Waals surface area (Å²) in [6, 6.07) is -0.0319. The Hall–Kier alpha value is -0.700. The van der Waals surface area contributed by atoms with E-state index in [1.54, 1.807) is 0 Å². The summed E-state index contributed by atoms with van der Waals surface area (Å²) in [5.41, 5.74) is -1.04. The number of nitrogens with one attached hydrogen (secondary N) is 1. The Morgan fingerprint density at radius 2 is 1.65 bits per heavy atom. The Bertz CT molecular complexity index is 498. The first-order valence-electron chi connectivity index (χ1n) is 8.05. The Morgan fingerprint density at radius 3 is 2.13 bits per heavy atom. The molecule has 0 aromatic rings. The molecule has 135 valence electrons. The van der Waals surface area contributed by atoms with Gasteiger partial charge in [-0.2, -0.15) is 8.42 Å². The van der Waals surface area contributed by atoms with Crippen molar-refractivity contribution in [1.29, 1.82) is 0 Å². The third-order valence-corrected chi connectivity index (χ3v) is 5.07. The average Bonchev–Trinajstić information content (AvgIpc) is 2.33. The van der Waals surface area contributed by atoms with Crippen molar-refractivity contribution in [3.8, 4) is 0 Å². The van der Waals surface area contributed by atoms with Crippen molar-refractivity contribution >= 4 is 16.0 Å². The molecular weight excluding hydrogens is 320 g/mol. The third kappa shape index (κ3) is 6.74. The number of hydrogen-bond acceptors (Lipinski definition) is 4. The first-order chi connectivity index (χ1) is 10.3. The zero-order valence-corrected chi connectivity index (χ0v) is 15.3. The highest BCUT2D eigenvalue weighted by atomic mass is 32.2. The SMILES string of the molecule is CC1(C)CC(NC(=O)CCCCCS(=O)(=O)O)CC(C)(C)N1[O]. The van der Waals surface area contributed by atoms with Gasteiger partial charge in [-0.05, 0) is 53.4 Å². The summed E-state index contributed by atoms with van der Waals surface area (Å²) in [4.78, 5) is 12.0. The first-order valence-corrected chi connectivity index (χ1v) is 9.66. The van der Waals surface area contributed by atoms with Gasteiger partial charge in [-0.3, -0.25) is 9.35 Å². The van der Waals surface area contributed by atoms with Crippen LogP contribution in [0.3, 0.4) is 0 Å². The van der Waals surface area contributed by atoms with Crippen molar-refractivity contribution in [2.45, 2.75) is 83.3 Å². The summed E-state index contributed by atoms with van der Waals surface area (Å²) >= 11 is 0. The van der Waals surface area contributed by atoms with E-state index in [0.29, 0.717) is 38.5 Å². The van der Waals surface area contributed by atoms with Gasteiger partial charge < -0.3 is 5.32 Å². The molecule has 1 radical (unpaired) electrons. The van der Waals surface area contributed by atoms with Crippen molar-refractivity contribution in [2.24, 2.45) is 0 Å². The molecule has 0 atom stereocenters. The van der Waals surface area contributed by atoms with E-state index >= 15 is 0 Å². The van der Waals surface area contributed by atoms with Crippen LogP contribution in [0.1, 0.15) is 66.2 Å². The largest absolute Gasteiger partial charge is 0.353 e. The topological polar surface area (TPSA) is 107 Å². The molecule has 0 spiro atoms. The molecule has 1 saturated heterocycles. The molecule has 1 amide bonds. The second-order valence-corrected chi connectivity index (χ2v) is 9.26. The molecule has 0 saturated carbocycles. The van der Waals surface area contributed by atoms with E-state index in [4.69, 9.17) is 4.55 Å². The van der Waals surface area contributed by atoms with Gasteiger partial charge in [-0.15, -0.1) is 10.3 Å². The molecule has 1 heterocycles. The second-order valence-electron chi connectivity index (χ2n) is 7.69. The molecule has 0 unspecified atom stereocenters. The van der Waals surface area contributed by atoms with Crippen LogP contribution in [0.15, 0.2) is 0 Å². The van der Waals surface area contributed by atoms with E-state index in [-0.39, 0.29) is 17.7 Å². The number of piperidine rings is 1. The smallest absolute Gasteiger partial charge is 0.264 e. The number of nitrogens with zero attached hydrogens (tertiary/aromatic N) is 1. The van der Waals surface area contributed by atoms with E-state index in [1.807, 2.05) is 27.7 Å². The Labute approximate surface area is 139 Å². The maximum atomic E-state index is 12.3. The minimum atomic E-state index is -3.91. The summed E-state index contributed by atoms with van der Waals surface area (Å²) in [6.45, 7) is 7.54. The Morgan fingerprint density at radius 1 is 1.13 bits per heavy atom. The average molecular weight is 349 g/mol. The van der Waals surface area contributed by atoms with E-state index in [9.17, 15) is 18.4 Å². The predicted molar refractivity (Wildman–Crippen MR) is 86.7 cm³/mol. The fourth-order valence-electron chi connectivity index (χ4n) is 3.41. The minimum absolute atomic E-state index is 0.0319. The van der Waals surface area contributed by atoms with Gasteiger partial charge in [0.25, 0.3) is 10.1 Å². The summed E-state index contributed by atoms with van der Waals surface area (Å²) < 4.78 is 29.8. The minimum Gasteiger partial charge on any atom is -0.353 e. The molecule has 1 aliphatic heterocycles. The number of hydrogen-bond donors (Lipinski definition) is 2. The van der Waals surface area contributed by atoms with Crippen molar-refractivity contribution in [1.82, 2.24) is 10.4 Å². The van der Waals surface area contributed by atoms with Crippen molar-refractivity contribution in [2.75, 3.05) is 5.75 Å². The van der Waals surface area contributed by atoms with Crippen LogP contribution in [0, 0.1) is 0 Å². The Kier molecular flexibility index (Phi) is 6.60. The van der Waals surface area contributed by atoms with Gasteiger partial charge in [-0.1, -0.05) is 6.42 Å². The fraction of sp³-hybridized carbons (Fsp3) is 0.933. The molecule has 8 heteroatoms. The maximum Gasteiger partial charge on any atom is 0.264 e. The van der Waals surface area contributed by atoms with Crippen LogP contribution in [0.2, 0.25) is 0 Å². The molecule has 1 rings (SSSR count). The number of carbonyl (C=O) groups excluding carboxylic acids is 1. The lowest BCUT2D eigenvalue weighted by Crippen LogP contribution is -2.62. The summed E-state index contributed by atoms with van der Waals surface area (Å²) in [7, 11) is -3.91. The molecule has 0 aliphatic carbocycles. The van der Waals surface area contributed by atoms with Crippen molar-refractivity contribution in [3.05, 3.63) is 0 Å². The zero-order chi connectivity index (χ0) is 17.9. The fourth-order valence-corrected chi connectivity index (χ4v) is 3.98. The number of hydroxylamine groups is 2. The summed E-state index contributed by atoms with van der Waals surface area (Å²) in [6.07, 6.45) is 3.03. The lowest BCUT2D eigenvalue weighted by atomic mass is 9.79. The van der Waals surface area contributed by atoms with Crippen LogP contribution in [0.4, 0.5) is 0 Å². The van der Waals surface area contributed by atoms with Crippen LogP contribution in [-0.2, 0) is 20.1 Å². The van der Waals surface area contributed by atoms with Crippen molar-refractivity contribution < 1.29 is 23.0 Å². The lowest BCUT2D eigenvalue weighted by molar-refractivity contribution is -0.290. The number of carbonyl (C=O) groups is 1. The summed E-state index contributed by atoms with van der Waals surface area (Å²) in [5.74, 6) is -0.341. The Balaban J connectivity index is 2.37. The van der Waals surface area contributed by atoms with E-state index in [2.05, 4.69) is 5.32 Å². The highest BCUT2D eigenvalue weighted by Crippen LogP contribution is 2.36. The van der Waals surface area contributed by atoms with E-state index in [0.717, 1.165) is 5.06 Å². The molecule has 1 aliphatic rings. The monoisotopic (exact) mass is 349 g/mol. The van der Waals surface area contributed by atoms with Crippen LogP contribution in [0.5, 0.6) is 0 Å². The van der Waals surface area contributed by atoms with Gasteiger partial charge in [0, 0.05) is 23.5 Å². The number of unbranched alkanes of at least 4 members (excludes halogenated alkanes) is 2. The molecule has 0 aromatic heterocycles. The molecule has 0 bridgehead atoms. The third-order valence-electron chi connectivity index (χ3n) is 4.26. The van der Waals surface area contributed by atoms with Crippen LogP contribution >= 0.6 is 0 Å². The second kappa shape index (κ2) is 7.46. The first kappa shape index (κ1) is 20.3. The lowest BCUT2D eigenvalue weighted by Gasteiger charge is -2.50. The van der Waals surface area contributed by atoms with Gasteiger partial charge in [0.05, 0.1) is 5.75 Å². The summed E-state index contributed by atoms with van der Waals surface area (Å²) in [5, 5.41) is 16.4. The van der Waals surface area contributed by atoms with Gasteiger partial charge in [0.2, 0.25) is 5.91 Å². The molecule has 23 heavy (non-hydrogen) atoms. The highest BCUT2D eigenvalue weighted by Gasteiger charge is 2.46. The molecule has 7 nitrogen and oxygen atoms in total. The van der Waals surface area contributed by atoms with Crippen molar-refractivity contribution in [3.63, 3.8) is 0 Å². The van der Waals surface area contributed by atoms with Gasteiger partial charge >= 0.3 is 0 Å². The normalized spacial score (nSPS) is 22.0. The maximum absolute atomic E-state index is 12.3. The van der Waals surface area contributed by atoms with Crippen LogP contribution < -0.4 is 5.32 Å². The van der Waals surface area contributed by atoms with Gasteiger partial charge in [-0.25, -0.2) is 0 Å². The van der Waals surface area contributed by atoms with Crippen LogP contribution in [0.25, 0.3) is 0 Å². The van der Waals surface area contributed by atoms with E-state index in [1.165, 1.54) is 0 Å². The molecule has 2 N–H and O–H groups in total. The predicted octanol–water partition coefficient (Wildman–Crippen LogP) is 1.92. The van der Waals surface area contributed by atoms with Gasteiger partial charge in [0.1, 0.15) is 0 Å². The molecule has 0 aromatic carbocycles. The zero-order valence-electron chi connectivity index (χ0n) is 14.5. The quantitative estimate of drug-likeness (QED) is 0.539. The standard InChI is InChI=1S/C15H29N2O5S/c1-14(2)10-12(11-15(3,4)17(14)19)16-13(18)8-6-5-7-9-23(20,21)22/h12H,5-11H2,1-4H3,(H,16,18)(H,20,21,22). The highest BCUT2D eigenvalue weighted by molar-refractivity contribution is 7.85. The molecule has 1 fully saturated rings. The number of amides is 1. The molecular formula is C15H29N2O5S.